The highest BCUT2D eigenvalue weighted by Crippen LogP contribution is 2.29. The lowest BCUT2D eigenvalue weighted by molar-refractivity contribution is -0.385. The Labute approximate surface area is 264 Å². The number of aliphatic hydroxyl groups is 3. The molecule has 2 aliphatic heterocycles. The Balaban J connectivity index is 0.000000251. The maximum absolute atomic E-state index is 12.8. The number of rotatable bonds is 9. The number of Topliss-reactive ketones (excluding diaryl/α,β-unsaturated/α-hetero) is 1. The Hall–Kier alpha value is -4.60. The molecule has 2 saturated heterocycles. The van der Waals surface area contributed by atoms with E-state index in [-0.39, 0.29) is 35.7 Å². The number of aliphatic hydroxyl groups excluding tert-OH is 3. The van der Waals surface area contributed by atoms with Crippen LogP contribution in [0.3, 0.4) is 0 Å². The maximum atomic E-state index is 12.8. The van der Waals surface area contributed by atoms with Gasteiger partial charge in [0.25, 0.3) is 23.2 Å². The standard InChI is InChI=1S/C16H20N2O6.C15H18N2O5/c1-10-6-14(18(23)24)12(7-11(10)8-19)16(22)17-5-3-2-4-13(17)15(21)9-20;1-10-6-14(17(21)22)13(7-11(10)8-18)15(20)16-5-3-2-4-12(16)9-19/h6-7,13,19-20H,2-5,8-9H2,1H3;6-7,9,12,18H,2-5,8H2,1H3/t13-;12-/m11/s1. The summed E-state index contributed by atoms with van der Waals surface area (Å²) in [4.78, 5) is 72.5. The van der Waals surface area contributed by atoms with Gasteiger partial charge in [-0.25, -0.2) is 0 Å². The quantitative estimate of drug-likeness (QED) is 0.205. The van der Waals surface area contributed by atoms with Crippen molar-refractivity contribution in [3.63, 3.8) is 0 Å². The molecule has 3 N–H and O–H groups in total. The number of nitro groups is 2. The van der Waals surface area contributed by atoms with Crippen LogP contribution in [0.2, 0.25) is 0 Å². The molecule has 2 aliphatic rings. The Morgan fingerprint density at radius 2 is 1.24 bits per heavy atom. The van der Waals surface area contributed by atoms with Gasteiger partial charge in [-0.1, -0.05) is 0 Å². The number of ketones is 1. The summed E-state index contributed by atoms with van der Waals surface area (Å²) < 4.78 is 0. The van der Waals surface area contributed by atoms with Crippen LogP contribution in [-0.2, 0) is 22.8 Å². The first-order valence-electron chi connectivity index (χ1n) is 14.9. The lowest BCUT2D eigenvalue weighted by Gasteiger charge is -2.34. The summed E-state index contributed by atoms with van der Waals surface area (Å²) in [5, 5.41) is 50.3. The van der Waals surface area contributed by atoms with Gasteiger partial charge in [0.1, 0.15) is 24.0 Å². The third-order valence-corrected chi connectivity index (χ3v) is 8.36. The number of nitro benzene ring substituents is 2. The van der Waals surface area contributed by atoms with E-state index in [1.165, 1.54) is 34.1 Å². The van der Waals surface area contributed by atoms with Crippen LogP contribution in [0.25, 0.3) is 0 Å². The monoisotopic (exact) mass is 642 g/mol. The average Bonchev–Trinajstić information content (AvgIpc) is 3.07. The van der Waals surface area contributed by atoms with Crippen molar-refractivity contribution in [3.8, 4) is 0 Å². The molecule has 0 radical (unpaired) electrons. The van der Waals surface area contributed by atoms with Gasteiger partial charge in [-0.05, 0) is 86.8 Å². The number of hydrogen-bond donors (Lipinski definition) is 3. The summed E-state index contributed by atoms with van der Waals surface area (Å²) in [6.07, 6.45) is 4.77. The van der Waals surface area contributed by atoms with Gasteiger partial charge in [-0.3, -0.25) is 34.6 Å². The lowest BCUT2D eigenvalue weighted by Crippen LogP contribution is -2.49. The average molecular weight is 643 g/mol. The van der Waals surface area contributed by atoms with Crippen LogP contribution in [0.15, 0.2) is 24.3 Å². The molecule has 2 fully saturated rings. The molecular weight excluding hydrogens is 604 g/mol. The second kappa shape index (κ2) is 16.1. The molecule has 46 heavy (non-hydrogen) atoms. The molecule has 15 heteroatoms. The number of aryl methyl sites for hydroxylation is 2. The van der Waals surface area contributed by atoms with E-state index in [1.807, 2.05) is 0 Å². The SMILES string of the molecule is Cc1cc([N+](=O)[O-])c(C(=O)N2CCCC[C@@H]2C(=O)CO)cc1CO.Cc1cc([N+](=O)[O-])c(C(=O)N2CCCC[C@@H]2C=O)cc1CO. The Morgan fingerprint density at radius 1 is 0.783 bits per heavy atom. The normalized spacial score (nSPS) is 17.8. The van der Waals surface area contributed by atoms with Crippen molar-refractivity contribution in [1.29, 1.82) is 0 Å². The van der Waals surface area contributed by atoms with Gasteiger partial charge < -0.3 is 29.9 Å². The highest BCUT2D eigenvalue weighted by atomic mass is 16.6. The van der Waals surface area contributed by atoms with Crippen LogP contribution in [0.1, 0.15) is 81.5 Å². The first-order chi connectivity index (χ1) is 21.9. The molecule has 0 spiro atoms. The van der Waals surface area contributed by atoms with E-state index in [0.29, 0.717) is 60.9 Å². The highest BCUT2D eigenvalue weighted by molar-refractivity contribution is 6.01. The summed E-state index contributed by atoms with van der Waals surface area (Å²) in [6.45, 7) is 2.64. The molecule has 2 heterocycles. The minimum atomic E-state index is -0.769. The van der Waals surface area contributed by atoms with Crippen LogP contribution < -0.4 is 0 Å². The predicted octanol–water partition coefficient (Wildman–Crippen LogP) is 2.54. The van der Waals surface area contributed by atoms with Crippen molar-refractivity contribution in [2.24, 2.45) is 0 Å². The molecule has 0 aromatic heterocycles. The molecule has 2 atom stereocenters. The van der Waals surface area contributed by atoms with Crippen LogP contribution in [0.4, 0.5) is 11.4 Å². The summed E-state index contributed by atoms with van der Waals surface area (Å²) in [6, 6.07) is 3.90. The largest absolute Gasteiger partial charge is 0.392 e. The zero-order valence-corrected chi connectivity index (χ0v) is 25.7. The number of piperidine rings is 2. The maximum Gasteiger partial charge on any atom is 0.282 e. The zero-order valence-electron chi connectivity index (χ0n) is 25.7. The molecule has 248 valence electrons. The van der Waals surface area contributed by atoms with Crippen LogP contribution >= 0.6 is 0 Å². The molecule has 0 saturated carbocycles. The van der Waals surface area contributed by atoms with Gasteiger partial charge in [0, 0.05) is 25.2 Å². The fourth-order valence-electron chi connectivity index (χ4n) is 5.74. The molecular formula is C31H38N4O11. The zero-order chi connectivity index (χ0) is 34.1. The van der Waals surface area contributed by atoms with Crippen LogP contribution in [-0.4, -0.2) is 90.6 Å². The fourth-order valence-corrected chi connectivity index (χ4v) is 5.74. The summed E-state index contributed by atoms with van der Waals surface area (Å²) in [5.41, 5.74) is 1.09. The first-order valence-corrected chi connectivity index (χ1v) is 14.9. The van der Waals surface area contributed by atoms with Crippen molar-refractivity contribution >= 4 is 35.3 Å². The fraction of sp³-hybridized carbons (Fsp3) is 0.484. The van der Waals surface area contributed by atoms with Gasteiger partial charge in [-0.15, -0.1) is 0 Å². The van der Waals surface area contributed by atoms with E-state index in [4.69, 9.17) is 5.11 Å². The third-order valence-electron chi connectivity index (χ3n) is 8.36. The smallest absolute Gasteiger partial charge is 0.282 e. The molecule has 2 aromatic carbocycles. The van der Waals surface area contributed by atoms with Gasteiger partial charge in [-0.2, -0.15) is 0 Å². The summed E-state index contributed by atoms with van der Waals surface area (Å²) in [7, 11) is 0. The Bertz CT molecular complexity index is 1510. The van der Waals surface area contributed by atoms with Crippen molar-refractivity contribution in [1.82, 2.24) is 9.80 Å². The predicted molar refractivity (Wildman–Crippen MR) is 163 cm³/mol. The minimum absolute atomic E-state index is 0.0756. The Kier molecular flexibility index (Phi) is 12.6. The van der Waals surface area contributed by atoms with Crippen LogP contribution in [0, 0.1) is 34.1 Å². The number of hydrogen-bond acceptors (Lipinski definition) is 11. The molecule has 0 unspecified atom stereocenters. The van der Waals surface area contributed by atoms with Gasteiger partial charge in [0.15, 0.2) is 5.78 Å². The van der Waals surface area contributed by atoms with Gasteiger partial charge in [0.05, 0.1) is 35.1 Å². The number of likely N-dealkylation sites (tertiary alicyclic amines) is 2. The number of carbonyl (C=O) groups is 4. The summed E-state index contributed by atoms with van der Waals surface area (Å²) >= 11 is 0. The van der Waals surface area contributed by atoms with Crippen molar-refractivity contribution in [2.45, 2.75) is 77.7 Å². The van der Waals surface area contributed by atoms with E-state index >= 15 is 0 Å². The number of nitrogens with zero attached hydrogens (tertiary/aromatic N) is 4. The van der Waals surface area contributed by atoms with Crippen molar-refractivity contribution in [2.75, 3.05) is 19.7 Å². The minimum Gasteiger partial charge on any atom is -0.392 e. The van der Waals surface area contributed by atoms with Gasteiger partial charge in [0.2, 0.25) is 0 Å². The highest BCUT2D eigenvalue weighted by Gasteiger charge is 2.35. The molecule has 4 rings (SSSR count). The number of benzene rings is 2. The topological polar surface area (TPSA) is 222 Å². The van der Waals surface area contributed by atoms with E-state index in [0.717, 1.165) is 19.3 Å². The van der Waals surface area contributed by atoms with E-state index in [9.17, 15) is 49.6 Å². The Morgan fingerprint density at radius 3 is 1.67 bits per heavy atom. The first kappa shape index (κ1) is 35.9. The van der Waals surface area contributed by atoms with Crippen molar-refractivity contribution in [3.05, 3.63) is 77.9 Å². The van der Waals surface area contributed by atoms with E-state index in [2.05, 4.69) is 0 Å². The van der Waals surface area contributed by atoms with Crippen molar-refractivity contribution < 1.29 is 44.3 Å². The second-order valence-corrected chi connectivity index (χ2v) is 11.3. The lowest BCUT2D eigenvalue weighted by atomic mass is 9.96. The summed E-state index contributed by atoms with van der Waals surface area (Å²) in [5.74, 6) is -1.62. The molecule has 0 bridgehead atoms. The van der Waals surface area contributed by atoms with E-state index in [1.54, 1.807) is 13.8 Å². The number of amides is 2. The number of carbonyl (C=O) groups excluding carboxylic acids is 4. The van der Waals surface area contributed by atoms with Gasteiger partial charge >= 0.3 is 0 Å². The molecule has 0 aliphatic carbocycles. The molecule has 2 amide bonds. The second-order valence-electron chi connectivity index (χ2n) is 11.3. The van der Waals surface area contributed by atoms with Crippen LogP contribution in [0.5, 0.6) is 0 Å². The molecule has 15 nitrogen and oxygen atoms in total. The molecule has 2 aromatic rings. The number of aldehydes is 1. The van der Waals surface area contributed by atoms with E-state index < -0.39 is 46.1 Å². The third kappa shape index (κ3) is 7.97.